The first-order valence-corrected chi connectivity index (χ1v) is 4.22. The van der Waals surface area contributed by atoms with E-state index in [1.54, 1.807) is 0 Å². The van der Waals surface area contributed by atoms with E-state index in [9.17, 15) is 13.6 Å². The largest absolute Gasteiger partial charge is 0.355 e. The Morgan fingerprint density at radius 2 is 2.00 bits per heavy atom. The molecule has 0 unspecified atom stereocenters. The molecule has 0 atom stereocenters. The summed E-state index contributed by atoms with van der Waals surface area (Å²) >= 11 is 2.80. The summed E-state index contributed by atoms with van der Waals surface area (Å²) in [5, 5.41) is 2.21. The maximum absolute atomic E-state index is 13.0. The van der Waals surface area contributed by atoms with E-state index in [0.717, 1.165) is 0 Å². The highest BCUT2D eigenvalue weighted by molar-refractivity contribution is 9.10. The van der Waals surface area contributed by atoms with Crippen LogP contribution in [0, 0.1) is 11.6 Å². The summed E-state index contributed by atoms with van der Waals surface area (Å²) in [5.74, 6) is -2.85. The van der Waals surface area contributed by atoms with E-state index in [-0.39, 0.29) is 10.0 Å². The predicted molar refractivity (Wildman–Crippen MR) is 47.4 cm³/mol. The SMILES string of the molecule is CNC(=O)c1ccc(Br)c(F)c1F. The van der Waals surface area contributed by atoms with E-state index in [1.165, 1.54) is 19.2 Å². The molecule has 1 rings (SSSR count). The number of hydrogen-bond donors (Lipinski definition) is 1. The Hall–Kier alpha value is -0.970. The Bertz CT molecular complexity index is 354. The number of benzene rings is 1. The van der Waals surface area contributed by atoms with Gasteiger partial charge in [-0.1, -0.05) is 0 Å². The van der Waals surface area contributed by atoms with E-state index in [0.29, 0.717) is 0 Å². The van der Waals surface area contributed by atoms with Gasteiger partial charge in [-0.3, -0.25) is 4.79 Å². The molecule has 1 N–H and O–H groups in total. The smallest absolute Gasteiger partial charge is 0.254 e. The summed E-state index contributed by atoms with van der Waals surface area (Å²) < 4.78 is 25.9. The van der Waals surface area contributed by atoms with E-state index in [2.05, 4.69) is 21.2 Å². The van der Waals surface area contributed by atoms with Gasteiger partial charge in [0.2, 0.25) is 0 Å². The normalized spacial score (nSPS) is 9.85. The summed E-state index contributed by atoms with van der Waals surface area (Å²) in [6.45, 7) is 0. The van der Waals surface area contributed by atoms with Gasteiger partial charge in [0.05, 0.1) is 10.0 Å². The molecule has 13 heavy (non-hydrogen) atoms. The summed E-state index contributed by atoms with van der Waals surface area (Å²) in [4.78, 5) is 11.0. The van der Waals surface area contributed by atoms with Gasteiger partial charge in [-0.25, -0.2) is 8.78 Å². The number of carbonyl (C=O) groups is 1. The average Bonchev–Trinajstić information content (AvgIpc) is 2.13. The third-order valence-electron chi connectivity index (χ3n) is 1.51. The highest BCUT2D eigenvalue weighted by Crippen LogP contribution is 2.20. The fraction of sp³-hybridized carbons (Fsp3) is 0.125. The van der Waals surface area contributed by atoms with E-state index in [1.807, 2.05) is 0 Å². The maximum Gasteiger partial charge on any atom is 0.254 e. The summed E-state index contributed by atoms with van der Waals surface area (Å²) in [5.41, 5.74) is -0.303. The van der Waals surface area contributed by atoms with Crippen LogP contribution < -0.4 is 5.32 Å². The lowest BCUT2D eigenvalue weighted by Crippen LogP contribution is -2.19. The second-order valence-electron chi connectivity index (χ2n) is 2.30. The molecule has 2 nitrogen and oxygen atoms in total. The molecule has 0 radical (unpaired) electrons. The van der Waals surface area contributed by atoms with Crippen LogP contribution in [0.2, 0.25) is 0 Å². The van der Waals surface area contributed by atoms with Gasteiger partial charge >= 0.3 is 0 Å². The zero-order valence-corrected chi connectivity index (χ0v) is 8.28. The maximum atomic E-state index is 13.0. The van der Waals surface area contributed by atoms with Gasteiger partial charge < -0.3 is 5.32 Å². The van der Waals surface area contributed by atoms with Gasteiger partial charge in [-0.2, -0.15) is 0 Å². The molecule has 0 saturated heterocycles. The fourth-order valence-corrected chi connectivity index (χ4v) is 1.14. The molecule has 0 aromatic heterocycles. The zero-order chi connectivity index (χ0) is 10.0. The van der Waals surface area contributed by atoms with Crippen LogP contribution in [0.25, 0.3) is 0 Å². The van der Waals surface area contributed by atoms with Gasteiger partial charge in [-0.15, -0.1) is 0 Å². The number of hydrogen-bond acceptors (Lipinski definition) is 1. The second-order valence-corrected chi connectivity index (χ2v) is 3.16. The number of carbonyl (C=O) groups excluding carboxylic acids is 1. The van der Waals surface area contributed by atoms with Crippen LogP contribution in [-0.4, -0.2) is 13.0 Å². The summed E-state index contributed by atoms with van der Waals surface area (Å²) in [6.07, 6.45) is 0. The van der Waals surface area contributed by atoms with Crippen LogP contribution in [0.15, 0.2) is 16.6 Å². The van der Waals surface area contributed by atoms with Crippen molar-refractivity contribution < 1.29 is 13.6 Å². The second kappa shape index (κ2) is 3.83. The van der Waals surface area contributed by atoms with Crippen molar-refractivity contribution in [2.75, 3.05) is 7.05 Å². The minimum Gasteiger partial charge on any atom is -0.355 e. The Labute approximate surface area is 82.1 Å². The van der Waals surface area contributed by atoms with Crippen LogP contribution in [0.5, 0.6) is 0 Å². The lowest BCUT2D eigenvalue weighted by molar-refractivity contribution is 0.0958. The molecule has 0 saturated carbocycles. The molecule has 5 heteroatoms. The molecule has 0 aliphatic rings. The van der Waals surface area contributed by atoms with E-state index in [4.69, 9.17) is 0 Å². The highest BCUT2D eigenvalue weighted by atomic mass is 79.9. The Morgan fingerprint density at radius 1 is 1.38 bits per heavy atom. The molecule has 1 aromatic rings. The lowest BCUT2D eigenvalue weighted by atomic mass is 10.2. The first-order chi connectivity index (χ1) is 6.07. The molecule has 0 spiro atoms. The first kappa shape index (κ1) is 10.1. The van der Waals surface area contributed by atoms with Crippen molar-refractivity contribution in [2.45, 2.75) is 0 Å². The Balaban J connectivity index is 3.26. The van der Waals surface area contributed by atoms with Crippen molar-refractivity contribution in [3.05, 3.63) is 33.8 Å². The molecule has 0 aliphatic heterocycles. The van der Waals surface area contributed by atoms with Crippen LogP contribution >= 0.6 is 15.9 Å². The van der Waals surface area contributed by atoms with Crippen LogP contribution in [0.4, 0.5) is 8.78 Å². The van der Waals surface area contributed by atoms with Crippen molar-refractivity contribution in [2.24, 2.45) is 0 Å². The lowest BCUT2D eigenvalue weighted by Gasteiger charge is -2.02. The third-order valence-corrected chi connectivity index (χ3v) is 2.12. The zero-order valence-electron chi connectivity index (χ0n) is 6.70. The van der Waals surface area contributed by atoms with Gasteiger partial charge in [-0.05, 0) is 28.1 Å². The molecular weight excluding hydrogens is 244 g/mol. The molecule has 1 aromatic carbocycles. The Morgan fingerprint density at radius 3 is 2.54 bits per heavy atom. The quantitative estimate of drug-likeness (QED) is 0.759. The van der Waals surface area contributed by atoms with Crippen molar-refractivity contribution >= 4 is 21.8 Å². The van der Waals surface area contributed by atoms with Crippen LogP contribution in [-0.2, 0) is 0 Å². The summed E-state index contributed by atoms with van der Waals surface area (Å²) in [7, 11) is 1.35. The average molecular weight is 250 g/mol. The minimum absolute atomic E-state index is 0.00217. The van der Waals surface area contributed by atoms with E-state index >= 15 is 0 Å². The molecule has 0 heterocycles. The van der Waals surface area contributed by atoms with Crippen molar-refractivity contribution in [3.8, 4) is 0 Å². The molecule has 0 bridgehead atoms. The number of halogens is 3. The number of nitrogens with one attached hydrogen (secondary N) is 1. The van der Waals surface area contributed by atoms with Crippen molar-refractivity contribution in [3.63, 3.8) is 0 Å². The van der Waals surface area contributed by atoms with Gasteiger partial charge in [0, 0.05) is 7.05 Å². The van der Waals surface area contributed by atoms with Crippen LogP contribution in [0.1, 0.15) is 10.4 Å². The van der Waals surface area contributed by atoms with E-state index < -0.39 is 17.5 Å². The van der Waals surface area contributed by atoms with Crippen LogP contribution in [0.3, 0.4) is 0 Å². The molecule has 0 aliphatic carbocycles. The van der Waals surface area contributed by atoms with Crippen molar-refractivity contribution in [1.29, 1.82) is 0 Å². The minimum atomic E-state index is -1.14. The van der Waals surface area contributed by atoms with Gasteiger partial charge in [0.25, 0.3) is 5.91 Å². The predicted octanol–water partition coefficient (Wildman–Crippen LogP) is 2.09. The van der Waals surface area contributed by atoms with Crippen molar-refractivity contribution in [1.82, 2.24) is 5.32 Å². The highest BCUT2D eigenvalue weighted by Gasteiger charge is 2.16. The third kappa shape index (κ3) is 1.85. The monoisotopic (exact) mass is 249 g/mol. The van der Waals surface area contributed by atoms with Gasteiger partial charge in [0.1, 0.15) is 0 Å². The standard InChI is InChI=1S/C8H6BrF2NO/c1-12-8(13)4-2-3-5(9)7(11)6(4)10/h2-3H,1H3,(H,12,13). The Kier molecular flexibility index (Phi) is 2.98. The summed E-state index contributed by atoms with van der Waals surface area (Å²) in [6, 6.07) is 2.49. The molecular formula is C8H6BrF2NO. The molecule has 0 fully saturated rings. The fourth-order valence-electron chi connectivity index (χ4n) is 0.836. The van der Waals surface area contributed by atoms with Gasteiger partial charge in [0.15, 0.2) is 11.6 Å². The number of rotatable bonds is 1. The number of amides is 1. The topological polar surface area (TPSA) is 29.1 Å². The first-order valence-electron chi connectivity index (χ1n) is 3.43. The molecule has 1 amide bonds. The molecule has 70 valence electrons.